The average Bonchev–Trinajstić information content (AvgIpc) is 2.46. The minimum absolute atomic E-state index is 0.239. The normalized spacial score (nSPS) is 15.0. The SMILES string of the molecule is CCCCCS(=O)(=O)C(C)C(N)c1ccc(CC)cc1. The molecular weight excluding hydrogens is 270 g/mol. The summed E-state index contributed by atoms with van der Waals surface area (Å²) < 4.78 is 24.5. The van der Waals surface area contributed by atoms with Gasteiger partial charge in [0.25, 0.3) is 0 Å². The molecule has 2 N–H and O–H groups in total. The van der Waals surface area contributed by atoms with Crippen LogP contribution in [-0.4, -0.2) is 19.4 Å². The Labute approximate surface area is 123 Å². The van der Waals surface area contributed by atoms with Crippen molar-refractivity contribution in [2.75, 3.05) is 5.75 Å². The molecule has 3 nitrogen and oxygen atoms in total. The van der Waals surface area contributed by atoms with Gasteiger partial charge in [0.05, 0.1) is 11.0 Å². The lowest BCUT2D eigenvalue weighted by atomic mass is 10.0. The van der Waals surface area contributed by atoms with Crippen molar-refractivity contribution in [3.05, 3.63) is 35.4 Å². The number of benzene rings is 1. The maximum atomic E-state index is 12.3. The van der Waals surface area contributed by atoms with Crippen LogP contribution in [0.25, 0.3) is 0 Å². The van der Waals surface area contributed by atoms with Crippen molar-refractivity contribution in [3.8, 4) is 0 Å². The second kappa shape index (κ2) is 7.79. The molecule has 0 radical (unpaired) electrons. The molecule has 1 aromatic rings. The minimum Gasteiger partial charge on any atom is -0.323 e. The molecule has 20 heavy (non-hydrogen) atoms. The van der Waals surface area contributed by atoms with E-state index in [0.717, 1.165) is 31.2 Å². The Morgan fingerprint density at radius 3 is 2.20 bits per heavy atom. The van der Waals surface area contributed by atoms with Crippen molar-refractivity contribution in [3.63, 3.8) is 0 Å². The molecule has 1 rings (SSSR count). The standard InChI is InChI=1S/C16H27NO2S/c1-4-6-7-12-20(18,19)13(3)16(17)15-10-8-14(5-2)9-11-15/h8-11,13,16H,4-7,12,17H2,1-3H3. The van der Waals surface area contributed by atoms with E-state index < -0.39 is 21.1 Å². The summed E-state index contributed by atoms with van der Waals surface area (Å²) in [7, 11) is -3.12. The summed E-state index contributed by atoms with van der Waals surface area (Å²) in [4.78, 5) is 0. The zero-order valence-electron chi connectivity index (χ0n) is 12.8. The van der Waals surface area contributed by atoms with E-state index in [0.29, 0.717) is 0 Å². The van der Waals surface area contributed by atoms with Gasteiger partial charge in [0.1, 0.15) is 0 Å². The molecule has 0 fully saturated rings. The number of unbranched alkanes of at least 4 members (excludes halogenated alkanes) is 2. The van der Waals surface area contributed by atoms with E-state index in [1.807, 2.05) is 24.3 Å². The molecule has 2 atom stereocenters. The lowest BCUT2D eigenvalue weighted by Gasteiger charge is -2.21. The molecule has 0 aromatic heterocycles. The summed E-state index contributed by atoms with van der Waals surface area (Å²) in [5, 5.41) is -0.535. The van der Waals surface area contributed by atoms with Crippen LogP contribution < -0.4 is 5.73 Å². The van der Waals surface area contributed by atoms with Crippen molar-refractivity contribution in [1.82, 2.24) is 0 Å². The van der Waals surface area contributed by atoms with Gasteiger partial charge in [0.2, 0.25) is 0 Å². The Balaban J connectivity index is 2.76. The number of nitrogens with two attached hydrogens (primary N) is 1. The van der Waals surface area contributed by atoms with Gasteiger partial charge in [0, 0.05) is 6.04 Å². The van der Waals surface area contributed by atoms with Crippen molar-refractivity contribution >= 4 is 9.84 Å². The Morgan fingerprint density at radius 1 is 1.10 bits per heavy atom. The lowest BCUT2D eigenvalue weighted by molar-refractivity contribution is 0.560. The van der Waals surface area contributed by atoms with Gasteiger partial charge in [-0.15, -0.1) is 0 Å². The molecule has 0 aliphatic rings. The molecule has 0 saturated carbocycles. The third-order valence-electron chi connectivity index (χ3n) is 3.88. The van der Waals surface area contributed by atoms with Gasteiger partial charge in [-0.2, -0.15) is 0 Å². The molecule has 0 aliphatic carbocycles. The largest absolute Gasteiger partial charge is 0.323 e. The molecule has 0 bridgehead atoms. The van der Waals surface area contributed by atoms with Crippen LogP contribution in [0.5, 0.6) is 0 Å². The van der Waals surface area contributed by atoms with E-state index in [9.17, 15) is 8.42 Å². The van der Waals surface area contributed by atoms with E-state index in [1.54, 1.807) is 6.92 Å². The van der Waals surface area contributed by atoms with Crippen LogP contribution in [0.4, 0.5) is 0 Å². The van der Waals surface area contributed by atoms with Crippen LogP contribution in [0.1, 0.15) is 57.2 Å². The third kappa shape index (κ3) is 4.60. The van der Waals surface area contributed by atoms with Crippen molar-refractivity contribution in [2.45, 2.75) is 57.7 Å². The van der Waals surface area contributed by atoms with Crippen LogP contribution in [0.3, 0.4) is 0 Å². The van der Waals surface area contributed by atoms with Crippen LogP contribution in [0.15, 0.2) is 24.3 Å². The van der Waals surface area contributed by atoms with Gasteiger partial charge in [-0.3, -0.25) is 0 Å². The molecule has 0 amide bonds. The fraction of sp³-hybridized carbons (Fsp3) is 0.625. The van der Waals surface area contributed by atoms with Crippen molar-refractivity contribution in [2.24, 2.45) is 5.73 Å². The van der Waals surface area contributed by atoms with E-state index in [1.165, 1.54) is 5.56 Å². The predicted octanol–water partition coefficient (Wildman–Crippen LogP) is 3.24. The van der Waals surface area contributed by atoms with E-state index in [2.05, 4.69) is 13.8 Å². The smallest absolute Gasteiger partial charge is 0.154 e. The lowest BCUT2D eigenvalue weighted by Crippen LogP contribution is -2.32. The van der Waals surface area contributed by atoms with Gasteiger partial charge in [-0.1, -0.05) is 51.0 Å². The molecule has 1 aromatic carbocycles. The molecular formula is C16H27NO2S. The summed E-state index contributed by atoms with van der Waals surface area (Å²) in [5.74, 6) is 0.239. The van der Waals surface area contributed by atoms with Crippen molar-refractivity contribution in [1.29, 1.82) is 0 Å². The van der Waals surface area contributed by atoms with E-state index in [-0.39, 0.29) is 5.75 Å². The fourth-order valence-electron chi connectivity index (χ4n) is 2.21. The maximum absolute atomic E-state index is 12.3. The summed E-state index contributed by atoms with van der Waals surface area (Å²) in [6.07, 6.45) is 3.67. The average molecular weight is 297 g/mol. The minimum atomic E-state index is -3.12. The van der Waals surface area contributed by atoms with Gasteiger partial charge in [0.15, 0.2) is 9.84 Å². The second-order valence-corrected chi connectivity index (χ2v) is 7.88. The van der Waals surface area contributed by atoms with E-state index in [4.69, 9.17) is 5.73 Å². The zero-order chi connectivity index (χ0) is 15.2. The highest BCUT2D eigenvalue weighted by molar-refractivity contribution is 7.92. The molecule has 114 valence electrons. The molecule has 2 unspecified atom stereocenters. The molecule has 0 heterocycles. The molecule has 0 saturated heterocycles. The maximum Gasteiger partial charge on any atom is 0.154 e. The molecule has 4 heteroatoms. The molecule has 0 aliphatic heterocycles. The summed E-state index contributed by atoms with van der Waals surface area (Å²) >= 11 is 0. The van der Waals surface area contributed by atoms with Gasteiger partial charge < -0.3 is 5.73 Å². The first-order valence-electron chi connectivity index (χ1n) is 7.48. The Kier molecular flexibility index (Phi) is 6.69. The van der Waals surface area contributed by atoms with Crippen LogP contribution in [0.2, 0.25) is 0 Å². The fourth-order valence-corrected chi connectivity index (χ4v) is 3.79. The number of aryl methyl sites for hydroxylation is 1. The van der Waals surface area contributed by atoms with Crippen molar-refractivity contribution < 1.29 is 8.42 Å². The highest BCUT2D eigenvalue weighted by atomic mass is 32.2. The number of sulfone groups is 1. The topological polar surface area (TPSA) is 60.2 Å². The zero-order valence-corrected chi connectivity index (χ0v) is 13.6. The Hall–Kier alpha value is -0.870. The first kappa shape index (κ1) is 17.2. The summed E-state index contributed by atoms with van der Waals surface area (Å²) in [6, 6.07) is 7.48. The first-order valence-corrected chi connectivity index (χ1v) is 9.19. The van der Waals surface area contributed by atoms with Gasteiger partial charge in [-0.05, 0) is 30.9 Å². The number of hydrogen-bond donors (Lipinski definition) is 1. The number of rotatable bonds is 8. The Bertz CT molecular complexity index is 494. The van der Waals surface area contributed by atoms with Crippen LogP contribution in [-0.2, 0) is 16.3 Å². The third-order valence-corrected chi connectivity index (χ3v) is 6.16. The number of hydrogen-bond acceptors (Lipinski definition) is 3. The van der Waals surface area contributed by atoms with Crippen LogP contribution >= 0.6 is 0 Å². The van der Waals surface area contributed by atoms with Crippen LogP contribution in [0, 0.1) is 0 Å². The quantitative estimate of drug-likeness (QED) is 0.749. The highest BCUT2D eigenvalue weighted by Gasteiger charge is 2.27. The molecule has 0 spiro atoms. The second-order valence-electron chi connectivity index (χ2n) is 5.40. The first-order chi connectivity index (χ1) is 9.42. The predicted molar refractivity (Wildman–Crippen MR) is 85.5 cm³/mol. The van der Waals surface area contributed by atoms with Gasteiger partial charge in [-0.25, -0.2) is 8.42 Å². The summed E-state index contributed by atoms with van der Waals surface area (Å²) in [6.45, 7) is 5.88. The highest BCUT2D eigenvalue weighted by Crippen LogP contribution is 2.21. The Morgan fingerprint density at radius 2 is 1.70 bits per heavy atom. The monoisotopic (exact) mass is 297 g/mol. The van der Waals surface area contributed by atoms with E-state index >= 15 is 0 Å². The van der Waals surface area contributed by atoms with Gasteiger partial charge >= 0.3 is 0 Å². The summed E-state index contributed by atoms with van der Waals surface area (Å²) in [5.41, 5.74) is 8.27.